The van der Waals surface area contributed by atoms with Crippen LogP contribution in [0.5, 0.6) is 11.5 Å². The van der Waals surface area contributed by atoms with E-state index in [2.05, 4.69) is 26.3 Å². The fourth-order valence-corrected chi connectivity index (χ4v) is 2.97. The van der Waals surface area contributed by atoms with Crippen LogP contribution in [0.15, 0.2) is 22.7 Å². The van der Waals surface area contributed by atoms with E-state index in [1.165, 1.54) is 6.92 Å². The van der Waals surface area contributed by atoms with Crippen molar-refractivity contribution in [2.45, 2.75) is 40.0 Å². The molecule has 0 aliphatic heterocycles. The predicted molar refractivity (Wildman–Crippen MR) is 100 cm³/mol. The number of alkyl halides is 3. The minimum Gasteiger partial charge on any atom is -0.490 e. The van der Waals surface area contributed by atoms with Crippen molar-refractivity contribution in [1.82, 2.24) is 15.1 Å². The molecular formula is C18H21BrF3N3O3. The van der Waals surface area contributed by atoms with Crippen LogP contribution in [0.1, 0.15) is 30.8 Å². The molecule has 28 heavy (non-hydrogen) atoms. The summed E-state index contributed by atoms with van der Waals surface area (Å²) in [6.07, 6.45) is -4.59. The van der Waals surface area contributed by atoms with Crippen LogP contribution < -0.4 is 14.8 Å². The molecule has 0 aliphatic carbocycles. The van der Waals surface area contributed by atoms with Crippen molar-refractivity contribution in [3.8, 4) is 11.5 Å². The fraction of sp³-hybridized carbons (Fsp3) is 0.444. The van der Waals surface area contributed by atoms with Gasteiger partial charge in [0.2, 0.25) is 5.91 Å². The van der Waals surface area contributed by atoms with E-state index < -0.39 is 17.8 Å². The molecule has 0 fully saturated rings. The van der Waals surface area contributed by atoms with Gasteiger partial charge in [0.05, 0.1) is 23.4 Å². The minimum absolute atomic E-state index is 0.166. The summed E-state index contributed by atoms with van der Waals surface area (Å²) >= 11 is 2.88. The van der Waals surface area contributed by atoms with Crippen molar-refractivity contribution in [2.75, 3.05) is 13.2 Å². The molecule has 10 heteroatoms. The van der Waals surface area contributed by atoms with E-state index in [1.54, 1.807) is 18.2 Å². The number of aromatic nitrogens is 2. The van der Waals surface area contributed by atoms with Crippen LogP contribution in [-0.2, 0) is 24.1 Å². The van der Waals surface area contributed by atoms with E-state index in [1.807, 2.05) is 13.8 Å². The molecule has 2 rings (SSSR count). The first-order valence-corrected chi connectivity index (χ1v) is 9.41. The van der Waals surface area contributed by atoms with E-state index in [9.17, 15) is 18.0 Å². The summed E-state index contributed by atoms with van der Waals surface area (Å²) in [5, 5.41) is 6.16. The SMILES string of the molecule is CCOc1ccc(CNC(=O)Cn2nc(C(F)(F)F)c(Br)c2C)cc1OCC. The maximum atomic E-state index is 12.9. The van der Waals surface area contributed by atoms with Crippen molar-refractivity contribution in [3.63, 3.8) is 0 Å². The Morgan fingerprint density at radius 2 is 1.86 bits per heavy atom. The van der Waals surface area contributed by atoms with Gasteiger partial charge in [-0.1, -0.05) is 6.07 Å². The van der Waals surface area contributed by atoms with Crippen LogP contribution in [0.4, 0.5) is 13.2 Å². The Bertz CT molecular complexity index is 837. The van der Waals surface area contributed by atoms with Gasteiger partial charge in [-0.2, -0.15) is 18.3 Å². The standard InChI is InChI=1S/C18H21BrF3N3O3/c1-4-27-13-7-6-12(8-14(13)28-5-2)9-23-15(26)10-25-11(3)16(19)17(24-25)18(20,21)22/h6-8H,4-5,9-10H2,1-3H3,(H,23,26). The third kappa shape index (κ3) is 5.40. The normalized spacial score (nSPS) is 11.4. The maximum Gasteiger partial charge on any atom is 0.436 e. The highest BCUT2D eigenvalue weighted by atomic mass is 79.9. The first-order valence-electron chi connectivity index (χ1n) is 8.62. The predicted octanol–water partition coefficient (Wildman–Crippen LogP) is 4.09. The molecule has 154 valence electrons. The molecule has 0 radical (unpaired) electrons. The summed E-state index contributed by atoms with van der Waals surface area (Å²) in [6, 6.07) is 5.29. The van der Waals surface area contributed by atoms with Crippen LogP contribution in [0.2, 0.25) is 0 Å². The van der Waals surface area contributed by atoms with Gasteiger partial charge >= 0.3 is 6.18 Å². The molecule has 0 saturated heterocycles. The molecule has 0 spiro atoms. The molecule has 1 aromatic carbocycles. The van der Waals surface area contributed by atoms with Crippen molar-refractivity contribution in [1.29, 1.82) is 0 Å². The van der Waals surface area contributed by atoms with Gasteiger partial charge in [0.1, 0.15) is 6.54 Å². The van der Waals surface area contributed by atoms with E-state index in [-0.39, 0.29) is 23.3 Å². The molecule has 1 N–H and O–H groups in total. The number of hydrogen-bond donors (Lipinski definition) is 1. The lowest BCUT2D eigenvalue weighted by Crippen LogP contribution is -2.28. The minimum atomic E-state index is -4.59. The quantitative estimate of drug-likeness (QED) is 0.640. The van der Waals surface area contributed by atoms with Gasteiger partial charge in [0, 0.05) is 6.54 Å². The molecule has 6 nitrogen and oxygen atoms in total. The third-order valence-corrected chi connectivity index (χ3v) is 4.74. The molecule has 1 heterocycles. The highest BCUT2D eigenvalue weighted by Crippen LogP contribution is 2.35. The Morgan fingerprint density at radius 3 is 2.43 bits per heavy atom. The molecule has 0 saturated carbocycles. The zero-order chi connectivity index (χ0) is 20.9. The first-order chi connectivity index (χ1) is 13.2. The number of amides is 1. The Balaban J connectivity index is 2.04. The lowest BCUT2D eigenvalue weighted by molar-refractivity contribution is -0.142. The number of ether oxygens (including phenoxy) is 2. The van der Waals surface area contributed by atoms with Crippen molar-refractivity contribution in [3.05, 3.63) is 39.6 Å². The summed E-state index contributed by atoms with van der Waals surface area (Å²) < 4.78 is 50.6. The number of carbonyl (C=O) groups excluding carboxylic acids is 1. The van der Waals surface area contributed by atoms with Crippen LogP contribution in [0, 0.1) is 6.92 Å². The Kier molecular flexibility index (Phi) is 7.34. The van der Waals surface area contributed by atoms with Crippen LogP contribution >= 0.6 is 15.9 Å². The van der Waals surface area contributed by atoms with Crippen molar-refractivity contribution >= 4 is 21.8 Å². The molecule has 0 unspecified atom stereocenters. The second-order valence-electron chi connectivity index (χ2n) is 5.83. The number of rotatable bonds is 8. The molecule has 1 aromatic heterocycles. The second-order valence-corrected chi connectivity index (χ2v) is 6.62. The van der Waals surface area contributed by atoms with Gasteiger partial charge in [-0.15, -0.1) is 0 Å². The summed E-state index contributed by atoms with van der Waals surface area (Å²) in [4.78, 5) is 12.2. The Labute approximate surface area is 169 Å². The van der Waals surface area contributed by atoms with E-state index in [0.717, 1.165) is 10.2 Å². The zero-order valence-electron chi connectivity index (χ0n) is 15.7. The zero-order valence-corrected chi connectivity index (χ0v) is 17.3. The average Bonchev–Trinajstić information content (AvgIpc) is 2.91. The van der Waals surface area contributed by atoms with Crippen molar-refractivity contribution < 1.29 is 27.4 Å². The van der Waals surface area contributed by atoms with Gasteiger partial charge < -0.3 is 14.8 Å². The van der Waals surface area contributed by atoms with Crippen molar-refractivity contribution in [2.24, 2.45) is 0 Å². The summed E-state index contributed by atoms with van der Waals surface area (Å²) in [5.41, 5.74) is -0.0533. The number of nitrogens with zero attached hydrogens (tertiary/aromatic N) is 2. The largest absolute Gasteiger partial charge is 0.490 e. The molecule has 2 aromatic rings. The Hall–Kier alpha value is -2.23. The summed E-state index contributed by atoms with van der Waals surface area (Å²) in [6.45, 7) is 6.00. The van der Waals surface area contributed by atoms with Crippen LogP contribution in [0.25, 0.3) is 0 Å². The van der Waals surface area contributed by atoms with Gasteiger partial charge in [-0.3, -0.25) is 9.48 Å². The average molecular weight is 464 g/mol. The molecule has 1 amide bonds. The monoisotopic (exact) mass is 463 g/mol. The number of halogens is 4. The highest BCUT2D eigenvalue weighted by molar-refractivity contribution is 9.10. The number of hydrogen-bond acceptors (Lipinski definition) is 4. The van der Waals surface area contributed by atoms with E-state index in [0.29, 0.717) is 24.7 Å². The fourth-order valence-electron chi connectivity index (χ4n) is 2.46. The van der Waals surface area contributed by atoms with E-state index >= 15 is 0 Å². The maximum absolute atomic E-state index is 12.9. The highest BCUT2D eigenvalue weighted by Gasteiger charge is 2.38. The first kappa shape index (κ1) is 22.1. The number of nitrogens with one attached hydrogen (secondary N) is 1. The van der Waals surface area contributed by atoms with E-state index in [4.69, 9.17) is 9.47 Å². The molecule has 0 aliphatic rings. The lowest BCUT2D eigenvalue weighted by Gasteiger charge is -2.13. The smallest absolute Gasteiger partial charge is 0.436 e. The molecular weight excluding hydrogens is 443 g/mol. The second kappa shape index (κ2) is 9.31. The van der Waals surface area contributed by atoms with Gasteiger partial charge in [-0.25, -0.2) is 0 Å². The lowest BCUT2D eigenvalue weighted by atomic mass is 10.2. The summed E-state index contributed by atoms with van der Waals surface area (Å²) in [7, 11) is 0. The van der Waals surface area contributed by atoms with Gasteiger partial charge in [0.25, 0.3) is 0 Å². The topological polar surface area (TPSA) is 65.4 Å². The number of benzene rings is 1. The number of carbonyl (C=O) groups is 1. The van der Waals surface area contributed by atoms with Crippen LogP contribution in [0.3, 0.4) is 0 Å². The van der Waals surface area contributed by atoms with Gasteiger partial charge in [-0.05, 0) is 54.4 Å². The van der Waals surface area contributed by atoms with Crippen LogP contribution in [-0.4, -0.2) is 28.9 Å². The Morgan fingerprint density at radius 1 is 1.21 bits per heavy atom. The summed E-state index contributed by atoms with van der Waals surface area (Å²) in [5.74, 6) is 0.715. The molecule has 0 bridgehead atoms. The van der Waals surface area contributed by atoms with Gasteiger partial charge in [0.15, 0.2) is 17.2 Å². The third-order valence-electron chi connectivity index (χ3n) is 3.79. The molecule has 0 atom stereocenters.